The first-order valence-electron chi connectivity index (χ1n) is 9.95. The Labute approximate surface area is 175 Å². The number of hydrogen-bond acceptors (Lipinski definition) is 5. The summed E-state index contributed by atoms with van der Waals surface area (Å²) in [6, 6.07) is 5.46. The van der Waals surface area contributed by atoms with Crippen LogP contribution in [0.15, 0.2) is 35.4 Å². The topological polar surface area (TPSA) is 106 Å². The van der Waals surface area contributed by atoms with Crippen molar-refractivity contribution in [2.45, 2.75) is 47.0 Å². The largest absolute Gasteiger partial charge is 0.311 e. The van der Waals surface area contributed by atoms with Crippen LogP contribution in [0.5, 0.6) is 0 Å². The van der Waals surface area contributed by atoms with Crippen LogP contribution in [0.3, 0.4) is 0 Å². The predicted molar refractivity (Wildman–Crippen MR) is 116 cm³/mol. The summed E-state index contributed by atoms with van der Waals surface area (Å²) in [5.74, 6) is 0.975. The molecule has 158 valence electrons. The van der Waals surface area contributed by atoms with Crippen LogP contribution in [0, 0.1) is 12.3 Å². The highest BCUT2D eigenvalue weighted by Crippen LogP contribution is 2.21. The number of H-pyrrole nitrogens is 1. The Bertz CT molecular complexity index is 1090. The molecule has 0 spiro atoms. The van der Waals surface area contributed by atoms with Gasteiger partial charge in [-0.15, -0.1) is 0 Å². The summed E-state index contributed by atoms with van der Waals surface area (Å²) in [7, 11) is 1.80. The minimum absolute atomic E-state index is 0.115. The highest BCUT2D eigenvalue weighted by molar-refractivity contribution is 5.90. The number of amides is 1. The van der Waals surface area contributed by atoms with Crippen molar-refractivity contribution in [2.75, 3.05) is 5.32 Å². The SMILES string of the molecule is Cc1nc(-c2ccncc2)[nH]c(=O)c1CCC(=O)Nc1cc(CC(C)(C)C)nn1C. The molecule has 1 amide bonds. The molecule has 2 N–H and O–H groups in total. The van der Waals surface area contributed by atoms with E-state index in [1.807, 2.05) is 6.07 Å². The van der Waals surface area contributed by atoms with Crippen molar-refractivity contribution in [3.8, 4) is 11.4 Å². The van der Waals surface area contributed by atoms with Gasteiger partial charge in [-0.3, -0.25) is 19.3 Å². The summed E-state index contributed by atoms with van der Waals surface area (Å²) in [6.45, 7) is 8.22. The summed E-state index contributed by atoms with van der Waals surface area (Å²) >= 11 is 0. The van der Waals surface area contributed by atoms with Crippen LogP contribution in [-0.2, 0) is 24.7 Å². The third-order valence-electron chi connectivity index (χ3n) is 4.69. The molecular weight excluding hydrogens is 380 g/mol. The highest BCUT2D eigenvalue weighted by Gasteiger charge is 2.17. The molecule has 0 aromatic carbocycles. The van der Waals surface area contributed by atoms with Gasteiger partial charge in [-0.1, -0.05) is 20.8 Å². The van der Waals surface area contributed by atoms with E-state index in [1.54, 1.807) is 43.2 Å². The zero-order valence-electron chi connectivity index (χ0n) is 18.1. The van der Waals surface area contributed by atoms with E-state index in [0.29, 0.717) is 29.3 Å². The van der Waals surface area contributed by atoms with Gasteiger partial charge in [0.1, 0.15) is 11.6 Å². The van der Waals surface area contributed by atoms with Gasteiger partial charge in [-0.05, 0) is 37.3 Å². The number of hydrogen-bond donors (Lipinski definition) is 2. The number of carbonyl (C=O) groups excluding carboxylic acids is 1. The first kappa shape index (κ1) is 21.4. The smallest absolute Gasteiger partial charge is 0.254 e. The van der Waals surface area contributed by atoms with Gasteiger partial charge in [0.25, 0.3) is 5.56 Å². The lowest BCUT2D eigenvalue weighted by Gasteiger charge is -2.15. The maximum absolute atomic E-state index is 12.5. The molecule has 0 radical (unpaired) electrons. The Balaban J connectivity index is 1.66. The summed E-state index contributed by atoms with van der Waals surface area (Å²) < 4.78 is 1.67. The number of nitrogens with one attached hydrogen (secondary N) is 2. The third kappa shape index (κ3) is 5.40. The quantitative estimate of drug-likeness (QED) is 0.652. The average molecular weight is 409 g/mol. The fraction of sp³-hybridized carbons (Fsp3) is 0.409. The minimum Gasteiger partial charge on any atom is -0.311 e. The average Bonchev–Trinajstić information content (AvgIpc) is 2.98. The van der Waals surface area contributed by atoms with Gasteiger partial charge in [0, 0.05) is 48.7 Å². The van der Waals surface area contributed by atoms with Crippen molar-refractivity contribution in [3.63, 3.8) is 0 Å². The van der Waals surface area contributed by atoms with Gasteiger partial charge in [0.2, 0.25) is 5.91 Å². The lowest BCUT2D eigenvalue weighted by Crippen LogP contribution is -2.21. The zero-order chi connectivity index (χ0) is 21.9. The second-order valence-corrected chi connectivity index (χ2v) is 8.64. The Kier molecular flexibility index (Phi) is 6.14. The number of aromatic amines is 1. The van der Waals surface area contributed by atoms with Crippen LogP contribution < -0.4 is 10.9 Å². The van der Waals surface area contributed by atoms with Gasteiger partial charge in [-0.2, -0.15) is 5.10 Å². The Hall–Kier alpha value is -3.29. The molecule has 0 bridgehead atoms. The van der Waals surface area contributed by atoms with E-state index < -0.39 is 0 Å². The van der Waals surface area contributed by atoms with Crippen molar-refractivity contribution < 1.29 is 4.79 Å². The van der Waals surface area contributed by atoms with Crippen LogP contribution in [0.25, 0.3) is 11.4 Å². The fourth-order valence-electron chi connectivity index (χ4n) is 3.27. The summed E-state index contributed by atoms with van der Waals surface area (Å²) in [5.41, 5.74) is 2.74. The molecule has 8 heteroatoms. The molecule has 0 fully saturated rings. The van der Waals surface area contributed by atoms with Gasteiger partial charge in [0.05, 0.1) is 5.69 Å². The molecule has 0 atom stereocenters. The first-order chi connectivity index (χ1) is 14.1. The van der Waals surface area contributed by atoms with Crippen molar-refractivity contribution in [2.24, 2.45) is 12.5 Å². The van der Waals surface area contributed by atoms with Crippen LogP contribution in [0.2, 0.25) is 0 Å². The van der Waals surface area contributed by atoms with Crippen molar-refractivity contribution >= 4 is 11.7 Å². The molecule has 0 saturated heterocycles. The van der Waals surface area contributed by atoms with Crippen LogP contribution in [-0.4, -0.2) is 30.6 Å². The van der Waals surface area contributed by atoms with Gasteiger partial charge < -0.3 is 10.3 Å². The lowest BCUT2D eigenvalue weighted by molar-refractivity contribution is -0.116. The first-order valence-corrected chi connectivity index (χ1v) is 9.95. The van der Waals surface area contributed by atoms with Crippen LogP contribution >= 0.6 is 0 Å². The van der Waals surface area contributed by atoms with Gasteiger partial charge >= 0.3 is 0 Å². The molecule has 3 aromatic heterocycles. The molecule has 8 nitrogen and oxygen atoms in total. The van der Waals surface area contributed by atoms with Crippen LogP contribution in [0.1, 0.15) is 44.1 Å². The Morgan fingerprint density at radius 2 is 1.93 bits per heavy atom. The van der Waals surface area contributed by atoms with E-state index in [-0.39, 0.29) is 23.3 Å². The van der Waals surface area contributed by atoms with E-state index in [9.17, 15) is 9.59 Å². The Morgan fingerprint density at radius 1 is 1.23 bits per heavy atom. The molecule has 0 unspecified atom stereocenters. The van der Waals surface area contributed by atoms with E-state index in [4.69, 9.17) is 0 Å². The number of carbonyl (C=O) groups is 1. The molecule has 3 aromatic rings. The zero-order valence-corrected chi connectivity index (χ0v) is 18.1. The van der Waals surface area contributed by atoms with Gasteiger partial charge in [0.15, 0.2) is 0 Å². The number of aryl methyl sites for hydroxylation is 2. The normalized spacial score (nSPS) is 11.5. The standard InChI is InChI=1S/C22H28N6O2/c1-14-17(21(30)26-20(24-14)15-8-10-23-11-9-15)6-7-19(29)25-18-12-16(27-28(18)5)13-22(2,3)4/h8-12H,6-7,13H2,1-5H3,(H,25,29)(H,24,26,30). The third-order valence-corrected chi connectivity index (χ3v) is 4.69. The maximum Gasteiger partial charge on any atom is 0.254 e. The molecular formula is C22H28N6O2. The number of pyridine rings is 1. The van der Waals surface area contributed by atoms with Gasteiger partial charge in [-0.25, -0.2) is 4.98 Å². The van der Waals surface area contributed by atoms with E-state index in [2.05, 4.69) is 46.1 Å². The van der Waals surface area contributed by atoms with Crippen molar-refractivity contribution in [3.05, 3.63) is 57.9 Å². The Morgan fingerprint density at radius 3 is 2.57 bits per heavy atom. The molecule has 0 saturated carbocycles. The fourth-order valence-corrected chi connectivity index (χ4v) is 3.27. The number of nitrogens with zero attached hydrogens (tertiary/aromatic N) is 4. The molecule has 3 rings (SSSR count). The summed E-state index contributed by atoms with van der Waals surface area (Å²) in [5, 5.41) is 7.35. The lowest BCUT2D eigenvalue weighted by atomic mass is 9.91. The van der Waals surface area contributed by atoms with E-state index in [1.165, 1.54) is 0 Å². The molecule has 0 aliphatic rings. The van der Waals surface area contributed by atoms with E-state index in [0.717, 1.165) is 17.7 Å². The number of anilines is 1. The highest BCUT2D eigenvalue weighted by atomic mass is 16.1. The number of aromatic nitrogens is 5. The van der Waals surface area contributed by atoms with E-state index >= 15 is 0 Å². The molecule has 0 aliphatic carbocycles. The monoisotopic (exact) mass is 408 g/mol. The second-order valence-electron chi connectivity index (χ2n) is 8.64. The summed E-state index contributed by atoms with van der Waals surface area (Å²) in [6.07, 6.45) is 4.60. The minimum atomic E-state index is -0.227. The molecule has 0 aliphatic heterocycles. The number of rotatable bonds is 6. The maximum atomic E-state index is 12.5. The molecule has 30 heavy (non-hydrogen) atoms. The predicted octanol–water partition coefficient (Wildman–Crippen LogP) is 3.03. The second kappa shape index (κ2) is 8.61. The summed E-state index contributed by atoms with van der Waals surface area (Å²) in [4.78, 5) is 36.2. The van der Waals surface area contributed by atoms with Crippen molar-refractivity contribution in [1.82, 2.24) is 24.7 Å². The van der Waals surface area contributed by atoms with Crippen molar-refractivity contribution in [1.29, 1.82) is 0 Å². The molecule has 3 heterocycles. The van der Waals surface area contributed by atoms with Crippen LogP contribution in [0.4, 0.5) is 5.82 Å².